The van der Waals surface area contributed by atoms with Crippen molar-refractivity contribution in [3.63, 3.8) is 0 Å². The van der Waals surface area contributed by atoms with Crippen molar-refractivity contribution in [1.82, 2.24) is 5.32 Å². The molecule has 0 aliphatic rings. The van der Waals surface area contributed by atoms with Crippen molar-refractivity contribution >= 4 is 17.7 Å². The number of anilines is 1. The normalized spacial score (nSPS) is 9.71. The van der Waals surface area contributed by atoms with E-state index in [9.17, 15) is 14.0 Å². The fourth-order valence-corrected chi connectivity index (χ4v) is 1.18. The molecule has 3 N–H and O–H groups in total. The molecule has 0 aliphatic heterocycles. The van der Waals surface area contributed by atoms with Gasteiger partial charge in [0.2, 0.25) is 0 Å². The van der Waals surface area contributed by atoms with Gasteiger partial charge >= 0.3 is 12.0 Å². The van der Waals surface area contributed by atoms with Crippen LogP contribution in [0.5, 0.6) is 0 Å². The number of hydrogen-bond donors (Lipinski definition) is 3. The van der Waals surface area contributed by atoms with Gasteiger partial charge in [0.05, 0.1) is 0 Å². The van der Waals surface area contributed by atoms with E-state index in [0.29, 0.717) is 12.1 Å². The maximum Gasteiger partial charge on any atom is 0.319 e. The summed E-state index contributed by atoms with van der Waals surface area (Å²) in [6.45, 7) is 0.257. The monoisotopic (exact) mass is 240 g/mol. The van der Waals surface area contributed by atoms with Crippen molar-refractivity contribution in [1.29, 1.82) is 0 Å². The van der Waals surface area contributed by atoms with E-state index in [4.69, 9.17) is 5.11 Å². The lowest BCUT2D eigenvalue weighted by molar-refractivity contribution is -0.137. The Balaban J connectivity index is 2.27. The zero-order valence-corrected chi connectivity index (χ0v) is 9.07. The molecule has 5 nitrogen and oxygen atoms in total. The Morgan fingerprint density at radius 2 is 2.12 bits per heavy atom. The van der Waals surface area contributed by atoms with Gasteiger partial charge < -0.3 is 15.7 Å². The van der Waals surface area contributed by atoms with E-state index < -0.39 is 17.8 Å². The summed E-state index contributed by atoms with van der Waals surface area (Å²) >= 11 is 0. The predicted molar refractivity (Wildman–Crippen MR) is 60.3 cm³/mol. The van der Waals surface area contributed by atoms with Crippen molar-refractivity contribution in [2.45, 2.75) is 12.8 Å². The van der Waals surface area contributed by atoms with Crippen molar-refractivity contribution in [3.8, 4) is 0 Å². The number of carbonyl (C=O) groups excluding carboxylic acids is 1. The molecule has 0 atom stereocenters. The quantitative estimate of drug-likeness (QED) is 0.687. The molecule has 1 rings (SSSR count). The van der Waals surface area contributed by atoms with Crippen molar-refractivity contribution in [3.05, 3.63) is 30.1 Å². The van der Waals surface area contributed by atoms with E-state index in [0.717, 1.165) is 0 Å². The summed E-state index contributed by atoms with van der Waals surface area (Å²) in [5, 5.41) is 13.3. The van der Waals surface area contributed by atoms with Crippen LogP contribution in [0.3, 0.4) is 0 Å². The minimum atomic E-state index is -0.905. The average Bonchev–Trinajstić information content (AvgIpc) is 2.24. The van der Waals surface area contributed by atoms with Crippen LogP contribution in [-0.4, -0.2) is 23.7 Å². The third-order valence-electron chi connectivity index (χ3n) is 1.94. The number of carboxylic acid groups (broad SMARTS) is 1. The van der Waals surface area contributed by atoms with Gasteiger partial charge in [0.15, 0.2) is 0 Å². The molecule has 0 bridgehead atoms. The Bertz CT molecular complexity index is 409. The number of carboxylic acids is 1. The SMILES string of the molecule is O=C(O)CCCNC(=O)Nc1cccc(F)c1. The third kappa shape index (κ3) is 5.50. The molecule has 0 aromatic heterocycles. The lowest BCUT2D eigenvalue weighted by Crippen LogP contribution is -2.29. The van der Waals surface area contributed by atoms with Crippen LogP contribution >= 0.6 is 0 Å². The smallest absolute Gasteiger partial charge is 0.319 e. The van der Waals surface area contributed by atoms with Crippen LogP contribution in [0.15, 0.2) is 24.3 Å². The van der Waals surface area contributed by atoms with Crippen LogP contribution in [0.1, 0.15) is 12.8 Å². The number of urea groups is 1. The molecular formula is C11H13FN2O3. The molecule has 17 heavy (non-hydrogen) atoms. The summed E-state index contributed by atoms with van der Waals surface area (Å²) in [4.78, 5) is 21.5. The Labute approximate surface area is 97.6 Å². The van der Waals surface area contributed by atoms with Gasteiger partial charge in [-0.2, -0.15) is 0 Å². The highest BCUT2D eigenvalue weighted by atomic mass is 19.1. The van der Waals surface area contributed by atoms with Crippen LogP contribution in [0.25, 0.3) is 0 Å². The molecule has 1 aromatic rings. The van der Waals surface area contributed by atoms with Crippen molar-refractivity contribution < 1.29 is 19.1 Å². The van der Waals surface area contributed by atoms with Crippen LogP contribution in [0, 0.1) is 5.82 Å². The second-order valence-corrected chi connectivity index (χ2v) is 3.39. The lowest BCUT2D eigenvalue weighted by atomic mass is 10.3. The van der Waals surface area contributed by atoms with Crippen LogP contribution < -0.4 is 10.6 Å². The van der Waals surface area contributed by atoms with Gasteiger partial charge in [-0.15, -0.1) is 0 Å². The van der Waals surface area contributed by atoms with Crippen LogP contribution in [-0.2, 0) is 4.79 Å². The van der Waals surface area contributed by atoms with E-state index in [2.05, 4.69) is 10.6 Å². The summed E-state index contributed by atoms with van der Waals surface area (Å²) in [5.74, 6) is -1.34. The van der Waals surface area contributed by atoms with Crippen LogP contribution in [0.2, 0.25) is 0 Å². The summed E-state index contributed by atoms with van der Waals surface area (Å²) in [5.41, 5.74) is 0.348. The molecule has 0 heterocycles. The van der Waals surface area contributed by atoms with Crippen molar-refractivity contribution in [2.24, 2.45) is 0 Å². The maximum absolute atomic E-state index is 12.8. The molecule has 0 saturated heterocycles. The molecule has 0 fully saturated rings. The molecule has 0 unspecified atom stereocenters. The number of benzene rings is 1. The Hall–Kier alpha value is -2.11. The average molecular weight is 240 g/mol. The second kappa shape index (κ2) is 6.47. The molecule has 0 spiro atoms. The molecule has 0 aliphatic carbocycles. The first kappa shape index (κ1) is 13.0. The highest BCUT2D eigenvalue weighted by molar-refractivity contribution is 5.89. The summed E-state index contributed by atoms with van der Waals surface area (Å²) in [7, 11) is 0. The van der Waals surface area contributed by atoms with Gasteiger partial charge in [-0.3, -0.25) is 4.79 Å². The number of hydrogen-bond acceptors (Lipinski definition) is 2. The zero-order valence-electron chi connectivity index (χ0n) is 9.07. The van der Waals surface area contributed by atoms with E-state index in [-0.39, 0.29) is 13.0 Å². The molecule has 92 valence electrons. The van der Waals surface area contributed by atoms with Gasteiger partial charge in [-0.25, -0.2) is 9.18 Å². The number of nitrogens with one attached hydrogen (secondary N) is 2. The molecule has 2 amide bonds. The van der Waals surface area contributed by atoms with Crippen molar-refractivity contribution in [2.75, 3.05) is 11.9 Å². The fraction of sp³-hybridized carbons (Fsp3) is 0.273. The molecule has 0 saturated carbocycles. The molecule has 6 heteroatoms. The Morgan fingerprint density at radius 3 is 2.76 bits per heavy atom. The fourth-order valence-electron chi connectivity index (χ4n) is 1.18. The van der Waals surface area contributed by atoms with E-state index >= 15 is 0 Å². The first-order valence-corrected chi connectivity index (χ1v) is 5.10. The number of carbonyl (C=O) groups is 2. The summed E-state index contributed by atoms with van der Waals surface area (Å²) < 4.78 is 12.8. The highest BCUT2D eigenvalue weighted by Crippen LogP contribution is 2.08. The van der Waals surface area contributed by atoms with Gasteiger partial charge in [-0.1, -0.05) is 6.07 Å². The van der Waals surface area contributed by atoms with Gasteiger partial charge in [-0.05, 0) is 24.6 Å². The Morgan fingerprint density at radius 1 is 1.35 bits per heavy atom. The topological polar surface area (TPSA) is 78.4 Å². The van der Waals surface area contributed by atoms with Crippen LogP contribution in [0.4, 0.5) is 14.9 Å². The molecule has 0 radical (unpaired) electrons. The largest absolute Gasteiger partial charge is 0.481 e. The van der Waals surface area contributed by atoms with E-state index in [1.54, 1.807) is 6.07 Å². The van der Waals surface area contributed by atoms with Gasteiger partial charge in [0.25, 0.3) is 0 Å². The molecular weight excluding hydrogens is 227 g/mol. The number of amides is 2. The minimum Gasteiger partial charge on any atom is -0.481 e. The highest BCUT2D eigenvalue weighted by Gasteiger charge is 2.02. The van der Waals surface area contributed by atoms with Gasteiger partial charge in [0, 0.05) is 18.7 Å². The zero-order chi connectivity index (χ0) is 12.7. The first-order chi connectivity index (χ1) is 8.08. The predicted octanol–water partition coefficient (Wildman–Crippen LogP) is 1.81. The first-order valence-electron chi connectivity index (χ1n) is 5.10. The number of aliphatic carboxylic acids is 1. The van der Waals surface area contributed by atoms with E-state index in [1.807, 2.05) is 0 Å². The van der Waals surface area contributed by atoms with Gasteiger partial charge in [0.1, 0.15) is 5.82 Å². The Kier molecular flexibility index (Phi) is 4.93. The standard InChI is InChI=1S/C11H13FN2O3/c12-8-3-1-4-9(7-8)14-11(17)13-6-2-5-10(15)16/h1,3-4,7H,2,5-6H2,(H,15,16)(H2,13,14,17). The summed E-state index contributed by atoms with van der Waals surface area (Å²) in [6, 6.07) is 5.02. The maximum atomic E-state index is 12.8. The second-order valence-electron chi connectivity index (χ2n) is 3.39. The number of halogens is 1. The van der Waals surface area contributed by atoms with E-state index in [1.165, 1.54) is 18.2 Å². The third-order valence-corrected chi connectivity index (χ3v) is 1.94. The number of rotatable bonds is 5. The molecule has 1 aromatic carbocycles. The minimum absolute atomic E-state index is 0.000243. The summed E-state index contributed by atoms with van der Waals surface area (Å²) in [6.07, 6.45) is 0.353. The lowest BCUT2D eigenvalue weighted by Gasteiger charge is -2.06.